The number of hydrogen-bond acceptors (Lipinski definition) is 5. The molecule has 7 heteroatoms. The Morgan fingerprint density at radius 2 is 2.11 bits per heavy atom. The normalized spacial score (nSPS) is 12.1. The maximum Gasteiger partial charge on any atom is 0.329 e. The van der Waals surface area contributed by atoms with Crippen LogP contribution in [0, 0.1) is 13.8 Å². The van der Waals surface area contributed by atoms with Crippen molar-refractivity contribution in [1.29, 1.82) is 0 Å². The summed E-state index contributed by atoms with van der Waals surface area (Å²) in [5.41, 5.74) is 1.86. The molecule has 0 aliphatic heterocycles. The van der Waals surface area contributed by atoms with Gasteiger partial charge in [-0.15, -0.1) is 0 Å². The molecule has 0 saturated heterocycles. The van der Waals surface area contributed by atoms with Crippen LogP contribution in [0.5, 0.6) is 0 Å². The van der Waals surface area contributed by atoms with E-state index in [1.807, 2.05) is 0 Å². The Labute approximate surface area is 117 Å². The summed E-state index contributed by atoms with van der Waals surface area (Å²) < 4.78 is 6.50. The van der Waals surface area contributed by atoms with Crippen molar-refractivity contribution in [1.82, 2.24) is 15.1 Å². The van der Waals surface area contributed by atoms with Crippen LogP contribution in [0.3, 0.4) is 0 Å². The van der Waals surface area contributed by atoms with Crippen molar-refractivity contribution in [3.8, 4) is 0 Å². The summed E-state index contributed by atoms with van der Waals surface area (Å²) in [6.45, 7) is 5.53. The van der Waals surface area contributed by atoms with Gasteiger partial charge in [0, 0.05) is 18.5 Å². The van der Waals surface area contributed by atoms with Gasteiger partial charge in [-0.05, 0) is 20.8 Å². The number of rotatable bonds is 5. The van der Waals surface area contributed by atoms with Gasteiger partial charge in [0.15, 0.2) is 0 Å². The molecule has 0 radical (unpaired) electrons. The monoisotopic (exact) mass is 285 g/mol. The molecule has 106 valence electrons. The SMILES string of the molecule is CCOC(=O)[C@H](CS)NC(=O)c1c(C)nn(C)c1C. The second-order valence-corrected chi connectivity index (χ2v) is 4.50. The maximum atomic E-state index is 12.2. The van der Waals surface area contributed by atoms with Crippen LogP contribution in [0.25, 0.3) is 0 Å². The van der Waals surface area contributed by atoms with Crippen LogP contribution in [-0.2, 0) is 16.6 Å². The summed E-state index contributed by atoms with van der Waals surface area (Å²) in [5, 5.41) is 6.79. The van der Waals surface area contributed by atoms with Crippen LogP contribution >= 0.6 is 12.6 Å². The van der Waals surface area contributed by atoms with Gasteiger partial charge in [0.1, 0.15) is 6.04 Å². The molecule has 6 nitrogen and oxygen atoms in total. The van der Waals surface area contributed by atoms with E-state index in [1.165, 1.54) is 0 Å². The average Bonchev–Trinajstić information content (AvgIpc) is 2.60. The Kier molecular flexibility index (Phi) is 5.41. The van der Waals surface area contributed by atoms with E-state index in [-0.39, 0.29) is 18.3 Å². The summed E-state index contributed by atoms with van der Waals surface area (Å²) in [5.74, 6) is -0.636. The molecule has 0 unspecified atom stereocenters. The number of aryl methyl sites for hydroxylation is 2. The van der Waals surface area contributed by atoms with E-state index in [4.69, 9.17) is 4.74 Å². The highest BCUT2D eigenvalue weighted by molar-refractivity contribution is 7.80. The van der Waals surface area contributed by atoms with Crippen molar-refractivity contribution in [3.63, 3.8) is 0 Å². The van der Waals surface area contributed by atoms with Crippen LogP contribution in [-0.4, -0.2) is 40.1 Å². The summed E-state index contributed by atoms with van der Waals surface area (Å²) in [6, 6.07) is -0.755. The number of aromatic nitrogens is 2. The molecule has 0 aliphatic carbocycles. The first-order valence-corrected chi connectivity index (χ1v) is 6.64. The van der Waals surface area contributed by atoms with Crippen LogP contribution in [0.2, 0.25) is 0 Å². The summed E-state index contributed by atoms with van der Waals surface area (Å²) >= 11 is 4.06. The molecule has 1 amide bonds. The standard InChI is InChI=1S/C12H19N3O3S/c1-5-18-12(17)9(6-19)13-11(16)10-7(2)14-15(4)8(10)3/h9,19H,5-6H2,1-4H3,(H,13,16)/t9-/m0/s1. The first kappa shape index (κ1) is 15.6. The van der Waals surface area contributed by atoms with Gasteiger partial charge in [-0.1, -0.05) is 0 Å². The Morgan fingerprint density at radius 1 is 1.47 bits per heavy atom. The molecular weight excluding hydrogens is 266 g/mol. The van der Waals surface area contributed by atoms with E-state index in [1.54, 1.807) is 32.5 Å². The quantitative estimate of drug-likeness (QED) is 0.615. The van der Waals surface area contributed by atoms with Crippen molar-refractivity contribution in [2.45, 2.75) is 26.8 Å². The molecule has 19 heavy (non-hydrogen) atoms. The van der Waals surface area contributed by atoms with Crippen LogP contribution < -0.4 is 5.32 Å². The zero-order chi connectivity index (χ0) is 14.6. The van der Waals surface area contributed by atoms with Crippen LogP contribution in [0.15, 0.2) is 0 Å². The second kappa shape index (κ2) is 6.60. The fourth-order valence-corrected chi connectivity index (χ4v) is 1.99. The largest absolute Gasteiger partial charge is 0.464 e. The number of carbonyl (C=O) groups excluding carboxylic acids is 2. The van der Waals surface area contributed by atoms with Gasteiger partial charge in [-0.25, -0.2) is 4.79 Å². The van der Waals surface area contributed by atoms with Crippen molar-refractivity contribution in [2.24, 2.45) is 7.05 Å². The maximum absolute atomic E-state index is 12.2. The van der Waals surface area contributed by atoms with Crippen LogP contribution in [0.1, 0.15) is 28.7 Å². The molecule has 0 aromatic carbocycles. The molecule has 0 bridgehead atoms. The number of nitrogens with zero attached hydrogens (tertiary/aromatic N) is 2. The lowest BCUT2D eigenvalue weighted by Crippen LogP contribution is -2.43. The van der Waals surface area contributed by atoms with E-state index in [2.05, 4.69) is 23.0 Å². The third-order valence-corrected chi connectivity index (χ3v) is 3.16. The molecule has 0 saturated carbocycles. The Morgan fingerprint density at radius 3 is 2.53 bits per heavy atom. The van der Waals surface area contributed by atoms with Crippen molar-refractivity contribution in [3.05, 3.63) is 17.0 Å². The molecule has 0 fully saturated rings. The minimum atomic E-state index is -0.755. The molecule has 1 aromatic heterocycles. The van der Waals surface area contributed by atoms with Gasteiger partial charge in [-0.2, -0.15) is 17.7 Å². The summed E-state index contributed by atoms with van der Waals surface area (Å²) in [6.07, 6.45) is 0. The third kappa shape index (κ3) is 3.50. The Bertz CT molecular complexity index is 485. The number of thiol groups is 1. The minimum Gasteiger partial charge on any atom is -0.464 e. The zero-order valence-corrected chi connectivity index (χ0v) is 12.5. The smallest absolute Gasteiger partial charge is 0.329 e. The van der Waals surface area contributed by atoms with Gasteiger partial charge in [0.2, 0.25) is 0 Å². The van der Waals surface area contributed by atoms with E-state index >= 15 is 0 Å². The van der Waals surface area contributed by atoms with Gasteiger partial charge < -0.3 is 10.1 Å². The topological polar surface area (TPSA) is 73.2 Å². The molecule has 1 N–H and O–H groups in total. The fourth-order valence-electron chi connectivity index (χ4n) is 1.75. The van der Waals surface area contributed by atoms with Crippen molar-refractivity contribution in [2.75, 3.05) is 12.4 Å². The number of esters is 1. The number of amides is 1. The number of nitrogens with one attached hydrogen (secondary N) is 1. The molecule has 1 atom stereocenters. The van der Waals surface area contributed by atoms with Gasteiger partial charge in [-0.3, -0.25) is 9.48 Å². The van der Waals surface area contributed by atoms with Crippen LogP contribution in [0.4, 0.5) is 0 Å². The van der Waals surface area contributed by atoms with E-state index < -0.39 is 12.0 Å². The van der Waals surface area contributed by atoms with Gasteiger partial charge >= 0.3 is 5.97 Å². The highest BCUT2D eigenvalue weighted by atomic mass is 32.1. The van der Waals surface area contributed by atoms with Crippen molar-refractivity contribution >= 4 is 24.5 Å². The minimum absolute atomic E-state index is 0.183. The Balaban J connectivity index is 2.86. The molecule has 1 rings (SSSR count). The summed E-state index contributed by atoms with van der Waals surface area (Å²) in [7, 11) is 1.76. The van der Waals surface area contributed by atoms with Crippen molar-refractivity contribution < 1.29 is 14.3 Å². The molecule has 1 heterocycles. The molecule has 1 aromatic rings. The first-order chi connectivity index (χ1) is 8.92. The highest BCUT2D eigenvalue weighted by Crippen LogP contribution is 2.12. The van der Waals surface area contributed by atoms with Gasteiger partial charge in [0.05, 0.1) is 17.9 Å². The lowest BCUT2D eigenvalue weighted by molar-refractivity contribution is -0.144. The van der Waals surface area contributed by atoms with E-state index in [9.17, 15) is 9.59 Å². The predicted octanol–water partition coefficient (Wildman–Crippen LogP) is 0.628. The zero-order valence-electron chi connectivity index (χ0n) is 11.6. The molecule has 0 aliphatic rings. The lowest BCUT2D eigenvalue weighted by Gasteiger charge is -2.15. The molecular formula is C12H19N3O3S. The van der Waals surface area contributed by atoms with E-state index in [0.717, 1.165) is 5.69 Å². The first-order valence-electron chi connectivity index (χ1n) is 6.00. The third-order valence-electron chi connectivity index (χ3n) is 2.80. The van der Waals surface area contributed by atoms with Gasteiger partial charge in [0.25, 0.3) is 5.91 Å². The predicted molar refractivity (Wildman–Crippen MR) is 74.4 cm³/mol. The number of carbonyl (C=O) groups is 2. The number of ether oxygens (including phenoxy) is 1. The van der Waals surface area contributed by atoms with E-state index in [0.29, 0.717) is 11.3 Å². The average molecular weight is 285 g/mol. The number of hydrogen-bond donors (Lipinski definition) is 2. The Hall–Kier alpha value is -1.50. The highest BCUT2D eigenvalue weighted by Gasteiger charge is 2.24. The fraction of sp³-hybridized carbons (Fsp3) is 0.583. The second-order valence-electron chi connectivity index (χ2n) is 4.13. The summed E-state index contributed by atoms with van der Waals surface area (Å²) in [4.78, 5) is 23.8. The molecule has 0 spiro atoms. The lowest BCUT2D eigenvalue weighted by atomic mass is 10.1.